The molecule has 1 aliphatic rings. The molecule has 4 aromatic rings. The van der Waals surface area contributed by atoms with Gasteiger partial charge >= 0.3 is 12.0 Å². The average molecular weight is 545 g/mol. The monoisotopic (exact) mass is 544 g/mol. The van der Waals surface area contributed by atoms with Crippen LogP contribution in [0.25, 0.3) is 0 Å². The highest BCUT2D eigenvalue weighted by molar-refractivity contribution is 7.10. The molecule has 0 radical (unpaired) electrons. The summed E-state index contributed by atoms with van der Waals surface area (Å²) in [6.07, 6.45) is 0. The number of methoxy groups -OCH3 is 1. The van der Waals surface area contributed by atoms with Gasteiger partial charge in [-0.2, -0.15) is 0 Å². The van der Waals surface area contributed by atoms with Crippen molar-refractivity contribution in [3.8, 4) is 5.75 Å². The molecular weight excluding hydrogens is 516 g/mol. The summed E-state index contributed by atoms with van der Waals surface area (Å²) in [5, 5.41) is 15.3. The molecule has 200 valence electrons. The lowest BCUT2D eigenvalue weighted by atomic mass is 9.79. The van der Waals surface area contributed by atoms with E-state index in [1.807, 2.05) is 24.4 Å². The Morgan fingerprint density at radius 1 is 0.974 bits per heavy atom. The van der Waals surface area contributed by atoms with Crippen molar-refractivity contribution in [2.24, 2.45) is 5.92 Å². The number of nitrogens with one attached hydrogen (secondary N) is 1. The van der Waals surface area contributed by atoms with E-state index in [9.17, 15) is 19.5 Å². The second-order valence-corrected chi connectivity index (χ2v) is 10.4. The summed E-state index contributed by atoms with van der Waals surface area (Å²) in [5.74, 6) is -2.00. The van der Waals surface area contributed by atoms with Crippen molar-refractivity contribution < 1.29 is 28.6 Å². The molecule has 1 aliphatic heterocycles. The highest BCUT2D eigenvalue weighted by atomic mass is 32.1. The molecule has 3 heterocycles. The van der Waals surface area contributed by atoms with Crippen molar-refractivity contribution in [1.82, 2.24) is 4.90 Å². The normalized spacial score (nSPS) is 20.5. The second-order valence-electron chi connectivity index (χ2n) is 9.50. The van der Waals surface area contributed by atoms with E-state index in [1.165, 1.54) is 16.2 Å². The number of carboxylic acids is 1. The van der Waals surface area contributed by atoms with Crippen LogP contribution in [0.4, 0.5) is 10.5 Å². The first-order chi connectivity index (χ1) is 18.8. The smallest absolute Gasteiger partial charge is 0.327 e. The van der Waals surface area contributed by atoms with E-state index < -0.39 is 35.9 Å². The predicted octanol–water partition coefficient (Wildman–Crippen LogP) is 6.29. The van der Waals surface area contributed by atoms with Gasteiger partial charge in [-0.1, -0.05) is 30.3 Å². The lowest BCUT2D eigenvalue weighted by molar-refractivity contribution is -0.142. The fraction of sp³-hybridized carbons (Fsp3) is 0.233. The van der Waals surface area contributed by atoms with Crippen molar-refractivity contribution in [2.75, 3.05) is 12.4 Å². The van der Waals surface area contributed by atoms with Gasteiger partial charge in [0.05, 0.1) is 19.1 Å². The number of furan rings is 1. The lowest BCUT2D eigenvalue weighted by Gasteiger charge is -2.30. The fourth-order valence-electron chi connectivity index (χ4n) is 5.39. The first kappa shape index (κ1) is 26.2. The highest BCUT2D eigenvalue weighted by Crippen LogP contribution is 2.53. The molecule has 0 aliphatic carbocycles. The number of nitrogens with zero attached hydrogens (tertiary/aromatic N) is 1. The molecule has 8 nitrogen and oxygen atoms in total. The number of benzene rings is 2. The van der Waals surface area contributed by atoms with E-state index in [0.29, 0.717) is 22.8 Å². The number of rotatable bonds is 7. The number of anilines is 1. The number of aryl methyl sites for hydroxylation is 2. The molecular formula is C30H28N2O6S. The van der Waals surface area contributed by atoms with Gasteiger partial charge in [-0.15, -0.1) is 11.3 Å². The van der Waals surface area contributed by atoms with Crippen LogP contribution in [0, 0.1) is 19.8 Å². The van der Waals surface area contributed by atoms with Crippen molar-refractivity contribution >= 4 is 34.8 Å². The summed E-state index contributed by atoms with van der Waals surface area (Å²) < 4.78 is 11.0. The van der Waals surface area contributed by atoms with Gasteiger partial charge in [-0.3, -0.25) is 4.79 Å². The molecule has 0 spiro atoms. The zero-order chi connectivity index (χ0) is 27.7. The fourth-order valence-corrected chi connectivity index (χ4v) is 6.49. The van der Waals surface area contributed by atoms with Crippen molar-refractivity contribution in [1.29, 1.82) is 0 Å². The predicted molar refractivity (Wildman–Crippen MR) is 148 cm³/mol. The van der Waals surface area contributed by atoms with Gasteiger partial charge in [-0.05, 0) is 72.8 Å². The van der Waals surface area contributed by atoms with Gasteiger partial charge in [0.15, 0.2) is 5.76 Å². The Kier molecular flexibility index (Phi) is 7.26. The molecule has 5 rings (SSSR count). The maximum atomic E-state index is 14.2. The van der Waals surface area contributed by atoms with Crippen LogP contribution in [0.1, 0.15) is 44.3 Å². The third-order valence-corrected chi connectivity index (χ3v) is 8.25. The van der Waals surface area contributed by atoms with Gasteiger partial charge in [0.25, 0.3) is 0 Å². The van der Waals surface area contributed by atoms with Crippen molar-refractivity contribution in [2.45, 2.75) is 31.8 Å². The van der Waals surface area contributed by atoms with E-state index >= 15 is 0 Å². The van der Waals surface area contributed by atoms with Crippen LogP contribution in [0.5, 0.6) is 5.75 Å². The number of hydrogen-bond donors (Lipinski definition) is 2. The number of aliphatic carboxylic acids is 1. The Balaban J connectivity index is 1.72. The number of carbonyl (C=O) groups is 3. The molecule has 0 bridgehead atoms. The molecule has 4 unspecified atom stereocenters. The largest absolute Gasteiger partial charge is 0.497 e. The summed E-state index contributed by atoms with van der Waals surface area (Å²) in [4.78, 5) is 43.2. The zero-order valence-electron chi connectivity index (χ0n) is 21.7. The Labute approximate surface area is 229 Å². The van der Waals surface area contributed by atoms with Gasteiger partial charge in [0.1, 0.15) is 17.6 Å². The Morgan fingerprint density at radius 2 is 1.69 bits per heavy atom. The summed E-state index contributed by atoms with van der Waals surface area (Å²) in [6.45, 7) is 3.63. The molecule has 2 N–H and O–H groups in total. The summed E-state index contributed by atoms with van der Waals surface area (Å²) in [7, 11) is 1.55. The second kappa shape index (κ2) is 10.8. The third-order valence-electron chi connectivity index (χ3n) is 7.13. The number of hydrogen-bond acceptors (Lipinski definition) is 6. The van der Waals surface area contributed by atoms with E-state index in [-0.39, 0.29) is 11.5 Å². The minimum Gasteiger partial charge on any atom is -0.497 e. The van der Waals surface area contributed by atoms with Crippen LogP contribution < -0.4 is 10.1 Å². The lowest BCUT2D eigenvalue weighted by Crippen LogP contribution is -2.45. The molecule has 2 amide bonds. The molecule has 39 heavy (non-hydrogen) atoms. The van der Waals surface area contributed by atoms with Crippen LogP contribution in [0.3, 0.4) is 0 Å². The standard InChI is InChI=1S/C30H28N2O6S/c1-17-15-16-39-28(17)24-23(27(33)22-14-9-18(2)38-22)25(19-10-12-21(37-3)13-11-19)32(26(24)29(34)35)30(36)31-20-7-5-4-6-8-20/h4-16,23-26H,1-3H3,(H,31,36)(H,34,35). The number of ketones is 1. The number of ether oxygens (including phenoxy) is 1. The zero-order valence-corrected chi connectivity index (χ0v) is 22.5. The summed E-state index contributed by atoms with van der Waals surface area (Å²) in [5.41, 5.74) is 1.99. The number of amides is 2. The van der Waals surface area contributed by atoms with Crippen LogP contribution in [-0.2, 0) is 4.79 Å². The molecule has 0 saturated carbocycles. The van der Waals surface area contributed by atoms with E-state index in [2.05, 4.69) is 5.32 Å². The van der Waals surface area contributed by atoms with Crippen LogP contribution >= 0.6 is 11.3 Å². The van der Waals surface area contributed by atoms with Gasteiger partial charge in [0.2, 0.25) is 5.78 Å². The number of urea groups is 1. The highest BCUT2D eigenvalue weighted by Gasteiger charge is 2.58. The SMILES string of the molecule is COc1ccc(C2C(C(=O)c3ccc(C)o3)C(c3sccc3C)C(C(=O)O)N2C(=O)Nc2ccccc2)cc1. The Bertz CT molecular complexity index is 1490. The number of likely N-dealkylation sites (tertiary alicyclic amines) is 1. The number of Topliss-reactive ketones (excluding diaryl/α,β-unsaturated/α-hetero) is 1. The van der Waals surface area contributed by atoms with Gasteiger partial charge in [-0.25, -0.2) is 9.59 Å². The number of para-hydroxylation sites is 1. The van der Waals surface area contributed by atoms with Crippen LogP contribution in [0.15, 0.2) is 82.6 Å². The van der Waals surface area contributed by atoms with Crippen LogP contribution in [0.2, 0.25) is 0 Å². The van der Waals surface area contributed by atoms with Gasteiger partial charge < -0.3 is 24.5 Å². The maximum absolute atomic E-state index is 14.2. The number of carboxylic acid groups (broad SMARTS) is 1. The van der Waals surface area contributed by atoms with Gasteiger partial charge in [0, 0.05) is 16.5 Å². The molecule has 1 saturated heterocycles. The van der Waals surface area contributed by atoms with E-state index in [4.69, 9.17) is 9.15 Å². The Hall–Kier alpha value is -4.37. The molecule has 2 aromatic heterocycles. The molecule has 2 aromatic carbocycles. The number of carbonyl (C=O) groups excluding carboxylic acids is 2. The minimum absolute atomic E-state index is 0.129. The van der Waals surface area contributed by atoms with Crippen molar-refractivity contribution in [3.05, 3.63) is 106 Å². The quantitative estimate of drug-likeness (QED) is 0.265. The minimum atomic E-state index is -1.32. The van der Waals surface area contributed by atoms with E-state index in [0.717, 1.165) is 10.4 Å². The first-order valence-electron chi connectivity index (χ1n) is 12.5. The summed E-state index contributed by atoms with van der Waals surface area (Å²) in [6, 6.07) is 18.2. The maximum Gasteiger partial charge on any atom is 0.327 e. The van der Waals surface area contributed by atoms with Crippen LogP contribution in [-0.4, -0.2) is 40.9 Å². The summed E-state index contributed by atoms with van der Waals surface area (Å²) >= 11 is 1.39. The first-order valence-corrected chi connectivity index (χ1v) is 13.3. The topological polar surface area (TPSA) is 109 Å². The molecule has 1 fully saturated rings. The van der Waals surface area contributed by atoms with Crippen molar-refractivity contribution in [3.63, 3.8) is 0 Å². The Morgan fingerprint density at radius 3 is 2.26 bits per heavy atom. The average Bonchev–Trinajstić information content (AvgIpc) is 3.65. The third kappa shape index (κ3) is 4.93. The molecule has 9 heteroatoms. The van der Waals surface area contributed by atoms with E-state index in [1.54, 1.807) is 74.7 Å². The molecule has 4 atom stereocenters. The number of thiophene rings is 1.